The van der Waals surface area contributed by atoms with E-state index in [-0.39, 0.29) is 0 Å². The van der Waals surface area contributed by atoms with Crippen LogP contribution in [0, 0.1) is 17.8 Å². The zero-order valence-corrected chi connectivity index (χ0v) is 13.6. The zero-order chi connectivity index (χ0) is 14.2. The summed E-state index contributed by atoms with van der Waals surface area (Å²) in [6, 6.07) is 0. The van der Waals surface area contributed by atoms with Crippen molar-refractivity contribution in [1.29, 1.82) is 0 Å². The van der Waals surface area contributed by atoms with E-state index in [2.05, 4.69) is 0 Å². The average molecular weight is 282 g/mol. The molecule has 2 unspecified atom stereocenters. The maximum Gasteiger partial charge on any atom is 0.0626 e. The van der Waals surface area contributed by atoms with E-state index in [1.54, 1.807) is 0 Å². The molecule has 2 nitrogen and oxygen atoms in total. The van der Waals surface area contributed by atoms with Gasteiger partial charge < -0.3 is 9.47 Å². The average Bonchev–Trinajstić information content (AvgIpc) is 2.52. The van der Waals surface area contributed by atoms with Gasteiger partial charge in [0.15, 0.2) is 0 Å². The maximum atomic E-state index is 5.94. The predicted octanol–water partition coefficient (Wildman–Crippen LogP) is 4.81. The van der Waals surface area contributed by atoms with Gasteiger partial charge in [0.2, 0.25) is 0 Å². The van der Waals surface area contributed by atoms with Crippen LogP contribution in [-0.4, -0.2) is 26.9 Å². The maximum absolute atomic E-state index is 5.94. The lowest BCUT2D eigenvalue weighted by molar-refractivity contribution is -0.0334. The van der Waals surface area contributed by atoms with E-state index in [0.29, 0.717) is 12.0 Å². The van der Waals surface area contributed by atoms with Crippen LogP contribution in [0.15, 0.2) is 0 Å². The Morgan fingerprint density at radius 1 is 0.850 bits per heavy atom. The molecule has 0 heterocycles. The second-order valence-electron chi connectivity index (χ2n) is 7.03. The highest BCUT2D eigenvalue weighted by Gasteiger charge is 2.32. The van der Waals surface area contributed by atoms with Gasteiger partial charge in [-0.05, 0) is 18.3 Å². The molecule has 0 aromatic rings. The fourth-order valence-electron chi connectivity index (χ4n) is 4.50. The number of hydrogen-bond donors (Lipinski definition) is 0. The molecule has 0 aromatic heterocycles. The van der Waals surface area contributed by atoms with E-state index in [1.807, 2.05) is 14.2 Å². The highest BCUT2D eigenvalue weighted by molar-refractivity contribution is 4.82. The molecule has 0 aliphatic heterocycles. The van der Waals surface area contributed by atoms with Crippen LogP contribution in [-0.2, 0) is 9.47 Å². The van der Waals surface area contributed by atoms with E-state index >= 15 is 0 Å². The second-order valence-corrected chi connectivity index (χ2v) is 7.03. The van der Waals surface area contributed by atoms with Crippen molar-refractivity contribution >= 4 is 0 Å². The molecular formula is C18H34O2. The molecule has 0 amide bonds. The molecule has 0 spiro atoms. The van der Waals surface area contributed by atoms with Gasteiger partial charge in [0.05, 0.1) is 12.7 Å². The third kappa shape index (κ3) is 4.73. The Hall–Kier alpha value is -0.0800. The Labute approximate surface area is 125 Å². The number of ether oxygens (including phenoxy) is 2. The molecule has 2 fully saturated rings. The van der Waals surface area contributed by atoms with Gasteiger partial charge in [0, 0.05) is 20.1 Å². The molecule has 2 heteroatoms. The van der Waals surface area contributed by atoms with Crippen molar-refractivity contribution in [3.05, 3.63) is 0 Å². The second kappa shape index (κ2) is 9.04. The molecule has 2 aliphatic carbocycles. The number of rotatable bonds is 7. The molecule has 0 N–H and O–H groups in total. The third-order valence-corrected chi connectivity index (χ3v) is 5.69. The molecule has 118 valence electrons. The summed E-state index contributed by atoms with van der Waals surface area (Å²) in [4.78, 5) is 0. The Kier molecular flexibility index (Phi) is 7.37. The number of methoxy groups -OCH3 is 2. The fraction of sp³-hybridized carbons (Fsp3) is 1.00. The summed E-state index contributed by atoms with van der Waals surface area (Å²) in [5.74, 6) is 2.35. The van der Waals surface area contributed by atoms with Crippen molar-refractivity contribution in [1.82, 2.24) is 0 Å². The Balaban J connectivity index is 1.92. The van der Waals surface area contributed by atoms with Crippen molar-refractivity contribution < 1.29 is 9.47 Å². The molecule has 2 rings (SSSR count). The molecule has 0 saturated heterocycles. The van der Waals surface area contributed by atoms with Crippen molar-refractivity contribution in [2.75, 3.05) is 20.8 Å². The van der Waals surface area contributed by atoms with Crippen LogP contribution in [0.1, 0.15) is 70.6 Å². The Morgan fingerprint density at radius 3 is 2.00 bits per heavy atom. The third-order valence-electron chi connectivity index (χ3n) is 5.69. The van der Waals surface area contributed by atoms with Gasteiger partial charge in [-0.3, -0.25) is 0 Å². The van der Waals surface area contributed by atoms with Gasteiger partial charge in [-0.1, -0.05) is 64.2 Å². The van der Waals surface area contributed by atoms with E-state index in [1.165, 1.54) is 70.6 Å². The lowest BCUT2D eigenvalue weighted by Crippen LogP contribution is -2.36. The van der Waals surface area contributed by atoms with E-state index in [4.69, 9.17) is 9.47 Å². The highest BCUT2D eigenvalue weighted by Crippen LogP contribution is 2.37. The minimum Gasteiger partial charge on any atom is -0.384 e. The van der Waals surface area contributed by atoms with Crippen LogP contribution in [0.3, 0.4) is 0 Å². The molecule has 0 bridgehead atoms. The molecule has 0 radical (unpaired) electrons. The first kappa shape index (κ1) is 16.3. The van der Waals surface area contributed by atoms with Gasteiger partial charge in [0.1, 0.15) is 0 Å². The Morgan fingerprint density at radius 2 is 1.45 bits per heavy atom. The largest absolute Gasteiger partial charge is 0.384 e. The van der Waals surface area contributed by atoms with Crippen LogP contribution >= 0.6 is 0 Å². The summed E-state index contributed by atoms with van der Waals surface area (Å²) >= 11 is 0. The highest BCUT2D eigenvalue weighted by atomic mass is 16.5. The predicted molar refractivity (Wildman–Crippen MR) is 83.9 cm³/mol. The van der Waals surface area contributed by atoms with E-state index < -0.39 is 0 Å². The SMILES string of the molecule is COCC(C1CCCCC1)C(CC1CCCCC1)OC. The fourth-order valence-corrected chi connectivity index (χ4v) is 4.50. The summed E-state index contributed by atoms with van der Waals surface area (Å²) in [7, 11) is 3.77. The first-order valence-corrected chi connectivity index (χ1v) is 8.87. The molecule has 20 heavy (non-hydrogen) atoms. The zero-order valence-electron chi connectivity index (χ0n) is 13.6. The van der Waals surface area contributed by atoms with Gasteiger partial charge in [-0.15, -0.1) is 0 Å². The summed E-state index contributed by atoms with van der Waals surface area (Å²) in [6.45, 7) is 0.885. The summed E-state index contributed by atoms with van der Waals surface area (Å²) < 4.78 is 11.5. The molecule has 0 aromatic carbocycles. The first-order chi connectivity index (χ1) is 9.85. The first-order valence-electron chi connectivity index (χ1n) is 8.87. The van der Waals surface area contributed by atoms with Crippen molar-refractivity contribution in [2.24, 2.45) is 17.8 Å². The Bertz CT molecular complexity index is 242. The molecular weight excluding hydrogens is 248 g/mol. The topological polar surface area (TPSA) is 18.5 Å². The van der Waals surface area contributed by atoms with Gasteiger partial charge in [0.25, 0.3) is 0 Å². The van der Waals surface area contributed by atoms with Crippen LogP contribution < -0.4 is 0 Å². The van der Waals surface area contributed by atoms with E-state index in [0.717, 1.165) is 18.4 Å². The van der Waals surface area contributed by atoms with Gasteiger partial charge >= 0.3 is 0 Å². The summed E-state index contributed by atoms with van der Waals surface area (Å²) in [6.07, 6.45) is 15.8. The van der Waals surface area contributed by atoms with Crippen LogP contribution in [0.25, 0.3) is 0 Å². The molecule has 2 atom stereocenters. The monoisotopic (exact) mass is 282 g/mol. The van der Waals surface area contributed by atoms with Gasteiger partial charge in [-0.25, -0.2) is 0 Å². The van der Waals surface area contributed by atoms with Crippen LogP contribution in [0.5, 0.6) is 0 Å². The van der Waals surface area contributed by atoms with Crippen molar-refractivity contribution in [2.45, 2.75) is 76.7 Å². The van der Waals surface area contributed by atoms with E-state index in [9.17, 15) is 0 Å². The quantitative estimate of drug-likeness (QED) is 0.667. The summed E-state index contributed by atoms with van der Waals surface area (Å²) in [5.41, 5.74) is 0. The minimum absolute atomic E-state index is 0.418. The summed E-state index contributed by atoms with van der Waals surface area (Å²) in [5, 5.41) is 0. The lowest BCUT2D eigenvalue weighted by Gasteiger charge is -2.37. The number of hydrogen-bond acceptors (Lipinski definition) is 2. The smallest absolute Gasteiger partial charge is 0.0626 e. The molecule has 2 saturated carbocycles. The van der Waals surface area contributed by atoms with Crippen LogP contribution in [0.4, 0.5) is 0 Å². The normalized spacial score (nSPS) is 25.5. The van der Waals surface area contributed by atoms with Crippen molar-refractivity contribution in [3.63, 3.8) is 0 Å². The lowest BCUT2D eigenvalue weighted by atomic mass is 9.74. The molecule has 2 aliphatic rings. The standard InChI is InChI=1S/C18H34O2/c1-19-14-17(16-11-7-4-8-12-16)18(20-2)13-15-9-5-3-6-10-15/h15-18H,3-14H2,1-2H3. The minimum atomic E-state index is 0.418. The van der Waals surface area contributed by atoms with Crippen LogP contribution in [0.2, 0.25) is 0 Å². The van der Waals surface area contributed by atoms with Crippen molar-refractivity contribution in [3.8, 4) is 0 Å². The van der Waals surface area contributed by atoms with Gasteiger partial charge in [-0.2, -0.15) is 0 Å².